The third kappa shape index (κ3) is 5.62. The lowest BCUT2D eigenvalue weighted by Crippen LogP contribution is -2.17. The Bertz CT molecular complexity index is 1360. The molecule has 0 radical (unpaired) electrons. The predicted octanol–water partition coefficient (Wildman–Crippen LogP) is 3.70. The molecule has 0 saturated carbocycles. The summed E-state index contributed by atoms with van der Waals surface area (Å²) in [5.41, 5.74) is 1.13. The van der Waals surface area contributed by atoms with E-state index >= 15 is 0 Å². The maximum Gasteiger partial charge on any atom is 0.241 e. The van der Waals surface area contributed by atoms with Crippen LogP contribution < -0.4 is 15.2 Å². The fourth-order valence-corrected chi connectivity index (χ4v) is 3.71. The molecule has 0 atom stereocenters. The minimum atomic E-state index is -4.24. The Morgan fingerprint density at radius 3 is 2.28 bits per heavy atom. The van der Waals surface area contributed by atoms with Crippen LogP contribution >= 0.6 is 11.6 Å². The first-order valence-corrected chi connectivity index (χ1v) is 11.0. The number of sulfonamides is 1. The molecule has 10 heteroatoms. The van der Waals surface area contributed by atoms with E-state index in [9.17, 15) is 13.2 Å². The first-order chi connectivity index (χ1) is 15.2. The number of carbonyl (C=O) groups is 1. The molecule has 0 fully saturated rings. The first-order valence-electron chi connectivity index (χ1n) is 9.03. The zero-order chi connectivity index (χ0) is 23.3. The first kappa shape index (κ1) is 22.8. The second-order valence-corrected chi connectivity index (χ2v) is 8.53. The number of hydrogen-bond acceptors (Lipinski definition) is 6. The summed E-state index contributed by atoms with van der Waals surface area (Å²) in [6.07, 6.45) is -0.0134. The van der Waals surface area contributed by atoms with Gasteiger partial charge in [-0.2, -0.15) is 10.5 Å². The second-order valence-electron chi connectivity index (χ2n) is 6.59. The lowest BCUT2D eigenvalue weighted by atomic mass is 10.1. The number of halogens is 1. The van der Waals surface area contributed by atoms with Gasteiger partial charge in [0, 0.05) is 10.7 Å². The number of nitriles is 2. The van der Waals surface area contributed by atoms with Gasteiger partial charge >= 0.3 is 0 Å². The van der Waals surface area contributed by atoms with Crippen molar-refractivity contribution in [1.82, 2.24) is 0 Å². The van der Waals surface area contributed by atoms with Crippen LogP contribution in [0.1, 0.15) is 16.7 Å². The Morgan fingerprint density at radius 1 is 1.03 bits per heavy atom. The van der Waals surface area contributed by atoms with Gasteiger partial charge in [-0.3, -0.25) is 4.79 Å². The summed E-state index contributed by atoms with van der Waals surface area (Å²) in [5, 5.41) is 26.6. The standard InChI is InChI=1S/C22H15ClN4O4S/c23-19-4-2-1-3-16(19)10-22(28)27-17-5-6-20(21(11-17)32(26,29)30)31-18-8-14(12-24)7-15(9-18)13-25/h1-9,11H,10H2,(H,27,28)(H2,26,29,30). The lowest BCUT2D eigenvalue weighted by molar-refractivity contribution is -0.115. The van der Waals surface area contributed by atoms with E-state index in [1.165, 1.54) is 30.3 Å². The minimum Gasteiger partial charge on any atom is -0.456 e. The van der Waals surface area contributed by atoms with Gasteiger partial charge in [0.15, 0.2) is 0 Å². The van der Waals surface area contributed by atoms with Crippen molar-refractivity contribution < 1.29 is 17.9 Å². The number of benzene rings is 3. The number of carbonyl (C=O) groups excluding carboxylic acids is 1. The summed E-state index contributed by atoms with van der Waals surface area (Å²) < 4.78 is 29.9. The van der Waals surface area contributed by atoms with Crippen LogP contribution in [0, 0.1) is 22.7 Å². The molecule has 3 N–H and O–H groups in total. The maximum atomic E-state index is 12.4. The molecule has 3 rings (SSSR count). The summed E-state index contributed by atoms with van der Waals surface area (Å²) in [4.78, 5) is 12.0. The molecule has 0 heterocycles. The number of primary sulfonamides is 1. The Kier molecular flexibility index (Phi) is 6.76. The Labute approximate surface area is 189 Å². The Morgan fingerprint density at radius 2 is 1.69 bits per heavy atom. The molecular formula is C22H15ClN4O4S. The van der Waals surface area contributed by atoms with Gasteiger partial charge in [0.25, 0.3) is 0 Å². The molecule has 0 aliphatic heterocycles. The molecule has 3 aromatic rings. The van der Waals surface area contributed by atoms with Crippen molar-refractivity contribution in [3.05, 3.63) is 82.4 Å². The van der Waals surface area contributed by atoms with Crippen LogP contribution in [0.2, 0.25) is 5.02 Å². The van der Waals surface area contributed by atoms with Crippen LogP contribution in [-0.2, 0) is 21.2 Å². The zero-order valence-electron chi connectivity index (χ0n) is 16.4. The zero-order valence-corrected chi connectivity index (χ0v) is 17.9. The smallest absolute Gasteiger partial charge is 0.241 e. The molecule has 0 saturated heterocycles. The summed E-state index contributed by atoms with van der Waals surface area (Å²) >= 11 is 6.06. The summed E-state index contributed by atoms with van der Waals surface area (Å²) in [7, 11) is -4.24. The van der Waals surface area contributed by atoms with E-state index in [2.05, 4.69) is 5.32 Å². The van der Waals surface area contributed by atoms with Crippen LogP contribution in [0.5, 0.6) is 11.5 Å². The summed E-state index contributed by atoms with van der Waals surface area (Å²) in [5.74, 6) is -0.455. The molecule has 0 aliphatic carbocycles. The van der Waals surface area contributed by atoms with E-state index in [-0.39, 0.29) is 39.6 Å². The minimum absolute atomic E-state index is 0.0134. The number of nitrogens with two attached hydrogens (primary N) is 1. The molecule has 160 valence electrons. The predicted molar refractivity (Wildman–Crippen MR) is 118 cm³/mol. The fraction of sp³-hybridized carbons (Fsp3) is 0.0455. The van der Waals surface area contributed by atoms with E-state index in [0.717, 1.165) is 6.07 Å². The van der Waals surface area contributed by atoms with E-state index in [4.69, 9.17) is 32.0 Å². The third-order valence-corrected chi connectivity index (χ3v) is 5.54. The van der Waals surface area contributed by atoms with Gasteiger partial charge in [-0.05, 0) is 48.0 Å². The molecule has 8 nitrogen and oxygen atoms in total. The van der Waals surface area contributed by atoms with Gasteiger partial charge < -0.3 is 10.1 Å². The van der Waals surface area contributed by atoms with Crippen molar-refractivity contribution in [3.8, 4) is 23.6 Å². The number of amides is 1. The highest BCUT2D eigenvalue weighted by Crippen LogP contribution is 2.31. The Balaban J connectivity index is 1.89. The molecule has 1 amide bonds. The van der Waals surface area contributed by atoms with E-state index in [0.29, 0.717) is 10.6 Å². The monoisotopic (exact) mass is 466 g/mol. The molecule has 0 unspecified atom stereocenters. The van der Waals surface area contributed by atoms with Gasteiger partial charge in [0.1, 0.15) is 16.4 Å². The van der Waals surface area contributed by atoms with Gasteiger partial charge in [-0.1, -0.05) is 29.8 Å². The van der Waals surface area contributed by atoms with Crippen molar-refractivity contribution in [3.63, 3.8) is 0 Å². The third-order valence-electron chi connectivity index (χ3n) is 4.24. The van der Waals surface area contributed by atoms with E-state index in [1.54, 1.807) is 24.3 Å². The second kappa shape index (κ2) is 9.50. The van der Waals surface area contributed by atoms with Gasteiger partial charge in [-0.15, -0.1) is 0 Å². The van der Waals surface area contributed by atoms with Crippen LogP contribution in [0.3, 0.4) is 0 Å². The average Bonchev–Trinajstić information content (AvgIpc) is 2.75. The van der Waals surface area contributed by atoms with E-state index in [1.807, 2.05) is 12.1 Å². The van der Waals surface area contributed by atoms with Crippen molar-refractivity contribution in [2.24, 2.45) is 5.14 Å². The van der Waals surface area contributed by atoms with Crippen molar-refractivity contribution in [2.75, 3.05) is 5.32 Å². The topological polar surface area (TPSA) is 146 Å². The van der Waals surface area contributed by atoms with Crippen LogP contribution in [0.25, 0.3) is 0 Å². The molecule has 0 aromatic heterocycles. The number of hydrogen-bond donors (Lipinski definition) is 2. The number of nitrogens with zero attached hydrogens (tertiary/aromatic N) is 2. The normalized spacial score (nSPS) is 10.6. The largest absolute Gasteiger partial charge is 0.456 e. The van der Waals surface area contributed by atoms with Gasteiger partial charge in [-0.25, -0.2) is 13.6 Å². The number of anilines is 1. The molecule has 3 aromatic carbocycles. The van der Waals surface area contributed by atoms with E-state index < -0.39 is 15.9 Å². The fourth-order valence-electron chi connectivity index (χ4n) is 2.83. The molecule has 0 aliphatic rings. The van der Waals surface area contributed by atoms with Crippen molar-refractivity contribution in [2.45, 2.75) is 11.3 Å². The number of nitrogens with one attached hydrogen (secondary N) is 1. The highest BCUT2D eigenvalue weighted by molar-refractivity contribution is 7.89. The SMILES string of the molecule is N#Cc1cc(C#N)cc(Oc2ccc(NC(=O)Cc3ccccc3Cl)cc2S(N)(=O)=O)c1. The summed E-state index contributed by atoms with van der Waals surface area (Å²) in [6, 6.07) is 18.6. The van der Waals surface area contributed by atoms with Crippen molar-refractivity contribution in [1.29, 1.82) is 10.5 Å². The average molecular weight is 467 g/mol. The number of rotatable bonds is 6. The number of ether oxygens (including phenoxy) is 1. The summed E-state index contributed by atoms with van der Waals surface area (Å²) in [6.45, 7) is 0. The van der Waals surface area contributed by atoms with Crippen molar-refractivity contribution >= 4 is 33.2 Å². The molecule has 0 spiro atoms. The molecule has 0 bridgehead atoms. The lowest BCUT2D eigenvalue weighted by Gasteiger charge is -2.13. The van der Waals surface area contributed by atoms with Gasteiger partial charge in [0.05, 0.1) is 29.7 Å². The van der Waals surface area contributed by atoms with Crippen LogP contribution in [-0.4, -0.2) is 14.3 Å². The van der Waals surface area contributed by atoms with Crippen LogP contribution in [0.15, 0.2) is 65.6 Å². The quantitative estimate of drug-likeness (QED) is 0.566. The highest BCUT2D eigenvalue weighted by atomic mass is 35.5. The molecule has 32 heavy (non-hydrogen) atoms. The van der Waals surface area contributed by atoms with Crippen LogP contribution in [0.4, 0.5) is 5.69 Å². The molecular weight excluding hydrogens is 452 g/mol. The maximum absolute atomic E-state index is 12.4. The highest BCUT2D eigenvalue weighted by Gasteiger charge is 2.18. The Hall–Kier alpha value is -3.89. The van der Waals surface area contributed by atoms with Gasteiger partial charge in [0.2, 0.25) is 15.9 Å².